The maximum absolute atomic E-state index is 12.4. The zero-order chi connectivity index (χ0) is 19.5. The van der Waals surface area contributed by atoms with E-state index >= 15 is 0 Å². The normalized spacial score (nSPS) is 10.1. The van der Waals surface area contributed by atoms with E-state index in [1.165, 1.54) is 4.90 Å². The lowest BCUT2D eigenvalue weighted by Gasteiger charge is -2.22. The van der Waals surface area contributed by atoms with E-state index < -0.39 is 24.4 Å². The van der Waals surface area contributed by atoms with E-state index in [2.05, 4.69) is 15.3 Å². The van der Waals surface area contributed by atoms with E-state index in [-0.39, 0.29) is 25.9 Å². The number of primary amides is 1. The van der Waals surface area contributed by atoms with Gasteiger partial charge in [0.1, 0.15) is 0 Å². The van der Waals surface area contributed by atoms with Crippen molar-refractivity contribution in [3.05, 3.63) is 48.8 Å². The van der Waals surface area contributed by atoms with Crippen LogP contribution in [-0.4, -0.2) is 47.4 Å². The largest absolute Gasteiger partial charge is 0.455 e. The summed E-state index contributed by atoms with van der Waals surface area (Å²) in [6, 6.07) is 10.5. The van der Waals surface area contributed by atoms with Crippen molar-refractivity contribution in [2.24, 2.45) is 5.73 Å². The molecule has 142 valence electrons. The minimum Gasteiger partial charge on any atom is -0.455 e. The van der Waals surface area contributed by atoms with E-state index in [9.17, 15) is 14.4 Å². The molecule has 0 spiro atoms. The molecule has 2 aromatic rings. The van der Waals surface area contributed by atoms with Gasteiger partial charge in [-0.3, -0.25) is 14.4 Å². The molecule has 0 fully saturated rings. The van der Waals surface area contributed by atoms with Gasteiger partial charge in [0.2, 0.25) is 11.9 Å². The molecule has 9 heteroatoms. The Morgan fingerprint density at radius 1 is 1.04 bits per heavy atom. The van der Waals surface area contributed by atoms with E-state index in [1.807, 2.05) is 6.07 Å². The van der Waals surface area contributed by atoms with Gasteiger partial charge in [-0.05, 0) is 18.2 Å². The molecule has 1 aromatic heterocycles. The van der Waals surface area contributed by atoms with Crippen LogP contribution in [0.1, 0.15) is 12.8 Å². The lowest BCUT2D eigenvalue weighted by Crippen LogP contribution is -2.37. The minimum atomic E-state index is -0.533. The van der Waals surface area contributed by atoms with Crippen LogP contribution in [0.2, 0.25) is 0 Å². The molecular weight excluding hydrogens is 350 g/mol. The molecule has 0 radical (unpaired) electrons. The quantitative estimate of drug-likeness (QED) is 0.589. The molecule has 0 unspecified atom stereocenters. The molecule has 2 amide bonds. The Labute approximate surface area is 156 Å². The van der Waals surface area contributed by atoms with Crippen LogP contribution in [0, 0.1) is 0 Å². The number of nitrogens with two attached hydrogens (primary N) is 1. The topological polar surface area (TPSA) is 128 Å². The highest BCUT2D eigenvalue weighted by molar-refractivity contribution is 5.95. The van der Waals surface area contributed by atoms with Crippen LogP contribution in [-0.2, 0) is 19.1 Å². The van der Waals surface area contributed by atoms with Gasteiger partial charge in [0.25, 0.3) is 5.91 Å². The van der Waals surface area contributed by atoms with Gasteiger partial charge in [-0.25, -0.2) is 9.97 Å². The number of esters is 1. The third-order valence-corrected chi connectivity index (χ3v) is 3.49. The Kier molecular flexibility index (Phi) is 7.70. The molecule has 0 saturated heterocycles. The average molecular weight is 371 g/mol. The number of rotatable bonds is 10. The number of amides is 2. The Bertz CT molecular complexity index is 755. The molecular formula is C18H21N5O4. The van der Waals surface area contributed by atoms with E-state index in [4.69, 9.17) is 10.5 Å². The van der Waals surface area contributed by atoms with Crippen LogP contribution in [0.4, 0.5) is 11.6 Å². The van der Waals surface area contributed by atoms with E-state index in [0.29, 0.717) is 11.6 Å². The molecule has 0 saturated carbocycles. The Morgan fingerprint density at radius 3 is 2.41 bits per heavy atom. The van der Waals surface area contributed by atoms with Crippen molar-refractivity contribution in [2.45, 2.75) is 12.8 Å². The van der Waals surface area contributed by atoms with Crippen LogP contribution >= 0.6 is 0 Å². The summed E-state index contributed by atoms with van der Waals surface area (Å²) in [5, 5.41) is 2.87. The van der Waals surface area contributed by atoms with Crippen molar-refractivity contribution < 1.29 is 19.1 Å². The first-order valence-electron chi connectivity index (χ1n) is 8.36. The summed E-state index contributed by atoms with van der Waals surface area (Å²) in [7, 11) is 0. The molecule has 0 aliphatic heterocycles. The molecule has 0 aliphatic rings. The molecule has 9 nitrogen and oxygen atoms in total. The maximum atomic E-state index is 12.4. The highest BCUT2D eigenvalue weighted by Gasteiger charge is 2.18. The molecule has 27 heavy (non-hydrogen) atoms. The summed E-state index contributed by atoms with van der Waals surface area (Å²) in [5.74, 6) is -1.08. The van der Waals surface area contributed by atoms with Crippen molar-refractivity contribution in [3.63, 3.8) is 0 Å². The first kappa shape index (κ1) is 19.8. The number of benzene rings is 1. The first-order chi connectivity index (χ1) is 13.1. The van der Waals surface area contributed by atoms with Gasteiger partial charge in [0, 0.05) is 37.6 Å². The maximum Gasteiger partial charge on any atom is 0.308 e. The van der Waals surface area contributed by atoms with Gasteiger partial charge in [0.15, 0.2) is 6.61 Å². The fraction of sp³-hybridized carbons (Fsp3) is 0.278. The Balaban J connectivity index is 1.81. The smallest absolute Gasteiger partial charge is 0.308 e. The fourth-order valence-electron chi connectivity index (χ4n) is 2.19. The Morgan fingerprint density at radius 2 is 1.74 bits per heavy atom. The van der Waals surface area contributed by atoms with Crippen molar-refractivity contribution in [3.8, 4) is 0 Å². The molecule has 0 atom stereocenters. The average Bonchev–Trinajstić information content (AvgIpc) is 2.68. The zero-order valence-electron chi connectivity index (χ0n) is 14.7. The van der Waals surface area contributed by atoms with E-state index in [0.717, 1.165) is 0 Å². The van der Waals surface area contributed by atoms with Crippen molar-refractivity contribution in [1.82, 2.24) is 9.97 Å². The molecule has 2 rings (SSSR count). The first-order valence-corrected chi connectivity index (χ1v) is 8.36. The van der Waals surface area contributed by atoms with Crippen LogP contribution < -0.4 is 16.0 Å². The van der Waals surface area contributed by atoms with Crippen molar-refractivity contribution in [1.29, 1.82) is 0 Å². The van der Waals surface area contributed by atoms with Gasteiger partial charge in [-0.1, -0.05) is 18.2 Å². The number of aromatic nitrogens is 2. The molecule has 3 N–H and O–H groups in total. The fourth-order valence-corrected chi connectivity index (χ4v) is 2.19. The molecule has 1 heterocycles. The number of hydrogen-bond donors (Lipinski definition) is 2. The minimum absolute atomic E-state index is 0.00950. The number of nitrogens with one attached hydrogen (secondary N) is 1. The summed E-state index contributed by atoms with van der Waals surface area (Å²) in [6.45, 7) is -0.0297. The SMILES string of the molecule is NC(=O)CCN(C(=O)COC(=O)CCNc1ncccn1)c1ccccc1. The second-order valence-corrected chi connectivity index (χ2v) is 5.51. The summed E-state index contributed by atoms with van der Waals surface area (Å²) >= 11 is 0. The van der Waals surface area contributed by atoms with Gasteiger partial charge in [-0.15, -0.1) is 0 Å². The molecule has 0 bridgehead atoms. The number of nitrogens with zero attached hydrogens (tertiary/aromatic N) is 3. The zero-order valence-corrected chi connectivity index (χ0v) is 14.7. The molecule has 1 aromatic carbocycles. The van der Waals surface area contributed by atoms with Crippen LogP contribution in [0.25, 0.3) is 0 Å². The third kappa shape index (κ3) is 7.10. The van der Waals surface area contributed by atoms with Gasteiger partial charge >= 0.3 is 5.97 Å². The molecule has 0 aliphatic carbocycles. The third-order valence-electron chi connectivity index (χ3n) is 3.49. The monoisotopic (exact) mass is 371 g/mol. The predicted octanol–water partition coefficient (Wildman–Crippen LogP) is 0.730. The second kappa shape index (κ2) is 10.5. The Hall–Kier alpha value is -3.49. The van der Waals surface area contributed by atoms with Gasteiger partial charge < -0.3 is 20.7 Å². The summed E-state index contributed by atoms with van der Waals surface area (Å²) in [4.78, 5) is 44.6. The van der Waals surface area contributed by atoms with Gasteiger partial charge in [0.05, 0.1) is 6.42 Å². The van der Waals surface area contributed by atoms with Crippen molar-refractivity contribution >= 4 is 29.4 Å². The number of hydrogen-bond acceptors (Lipinski definition) is 7. The standard InChI is InChI=1S/C18H21N5O4/c19-15(24)8-12-23(14-5-2-1-3-6-14)16(25)13-27-17(26)7-11-22-18-20-9-4-10-21-18/h1-6,9-10H,7-8,11-13H2,(H2,19,24)(H,20,21,22). The van der Waals surface area contributed by atoms with Crippen LogP contribution in [0.3, 0.4) is 0 Å². The number of anilines is 2. The number of carbonyl (C=O) groups is 3. The van der Waals surface area contributed by atoms with Crippen molar-refractivity contribution in [2.75, 3.05) is 29.9 Å². The second-order valence-electron chi connectivity index (χ2n) is 5.51. The lowest BCUT2D eigenvalue weighted by atomic mass is 10.2. The van der Waals surface area contributed by atoms with Crippen LogP contribution in [0.5, 0.6) is 0 Å². The predicted molar refractivity (Wildman–Crippen MR) is 98.7 cm³/mol. The summed E-state index contributed by atoms with van der Waals surface area (Å²) < 4.78 is 5.02. The van der Waals surface area contributed by atoms with E-state index in [1.54, 1.807) is 42.7 Å². The lowest BCUT2D eigenvalue weighted by molar-refractivity contribution is -0.147. The number of carbonyl (C=O) groups excluding carboxylic acids is 3. The highest BCUT2D eigenvalue weighted by atomic mass is 16.5. The van der Waals surface area contributed by atoms with Crippen LogP contribution in [0.15, 0.2) is 48.8 Å². The number of ether oxygens (including phenoxy) is 1. The highest BCUT2D eigenvalue weighted by Crippen LogP contribution is 2.14. The summed E-state index contributed by atoms with van der Waals surface area (Å²) in [5.41, 5.74) is 5.76. The summed E-state index contributed by atoms with van der Waals surface area (Å²) in [6.07, 6.45) is 3.22. The van der Waals surface area contributed by atoms with Gasteiger partial charge in [-0.2, -0.15) is 0 Å². The number of para-hydroxylation sites is 1.